The van der Waals surface area contributed by atoms with Crippen LogP contribution in [0.2, 0.25) is 0 Å². The molecule has 0 saturated carbocycles. The van der Waals surface area contributed by atoms with E-state index < -0.39 is 0 Å². The van der Waals surface area contributed by atoms with Gasteiger partial charge in [-0.1, -0.05) is 36.4 Å². The SMILES string of the molecule is O=C(Nc1ccc(CCc2nc3ccccc3[nH]2)cc1)Nc1ccccc1Br. The predicted molar refractivity (Wildman–Crippen MR) is 117 cm³/mol. The largest absolute Gasteiger partial charge is 0.342 e. The summed E-state index contributed by atoms with van der Waals surface area (Å²) in [7, 11) is 0. The van der Waals surface area contributed by atoms with Crippen LogP contribution in [0.5, 0.6) is 0 Å². The number of amides is 2. The fourth-order valence-electron chi connectivity index (χ4n) is 2.99. The van der Waals surface area contributed by atoms with E-state index >= 15 is 0 Å². The van der Waals surface area contributed by atoms with Crippen LogP contribution in [0.3, 0.4) is 0 Å². The van der Waals surface area contributed by atoms with Gasteiger partial charge in [0, 0.05) is 16.6 Å². The van der Waals surface area contributed by atoms with Crippen LogP contribution in [0, 0.1) is 0 Å². The molecule has 4 rings (SSSR count). The molecule has 0 aliphatic carbocycles. The number of aromatic amines is 1. The number of imidazole rings is 1. The van der Waals surface area contributed by atoms with Gasteiger partial charge in [-0.15, -0.1) is 0 Å². The van der Waals surface area contributed by atoms with Crippen LogP contribution in [0.25, 0.3) is 11.0 Å². The summed E-state index contributed by atoms with van der Waals surface area (Å²) in [4.78, 5) is 20.1. The number of nitrogens with zero attached hydrogens (tertiary/aromatic N) is 1. The molecule has 2 amide bonds. The number of benzene rings is 3. The van der Waals surface area contributed by atoms with Crippen LogP contribution in [0.15, 0.2) is 77.3 Å². The third-order valence-electron chi connectivity index (χ3n) is 4.42. The van der Waals surface area contributed by atoms with Gasteiger partial charge in [0.15, 0.2) is 0 Å². The van der Waals surface area contributed by atoms with Crippen molar-refractivity contribution in [1.29, 1.82) is 0 Å². The first-order valence-corrected chi connectivity index (χ1v) is 9.82. The summed E-state index contributed by atoms with van der Waals surface area (Å²) < 4.78 is 0.839. The fraction of sp³-hybridized carbons (Fsp3) is 0.0909. The standard InChI is InChI=1S/C22H19BrN4O/c23-17-5-1-2-6-18(17)27-22(28)24-16-12-9-15(10-13-16)11-14-21-25-19-7-3-4-8-20(19)26-21/h1-10,12-13H,11,14H2,(H,25,26)(H2,24,27,28). The first kappa shape index (κ1) is 18.3. The van der Waals surface area contributed by atoms with Crippen LogP contribution < -0.4 is 10.6 Å². The Morgan fingerprint density at radius 3 is 2.43 bits per heavy atom. The molecule has 140 valence electrons. The van der Waals surface area contributed by atoms with E-state index in [9.17, 15) is 4.79 Å². The van der Waals surface area contributed by atoms with Gasteiger partial charge in [-0.05, 0) is 64.3 Å². The summed E-state index contributed by atoms with van der Waals surface area (Å²) in [5.74, 6) is 0.983. The first-order valence-electron chi connectivity index (χ1n) is 9.02. The zero-order valence-electron chi connectivity index (χ0n) is 15.1. The molecule has 0 unspecified atom stereocenters. The van der Waals surface area contributed by atoms with E-state index in [1.165, 1.54) is 5.56 Å². The summed E-state index contributed by atoms with van der Waals surface area (Å²) in [6.45, 7) is 0. The third kappa shape index (κ3) is 4.40. The number of fused-ring (bicyclic) bond motifs is 1. The van der Waals surface area contributed by atoms with E-state index in [0.717, 1.165) is 45.5 Å². The molecular formula is C22H19BrN4O. The van der Waals surface area contributed by atoms with Crippen molar-refractivity contribution in [2.75, 3.05) is 10.6 Å². The molecular weight excluding hydrogens is 416 g/mol. The quantitative estimate of drug-likeness (QED) is 0.373. The Balaban J connectivity index is 1.33. The Kier molecular flexibility index (Phi) is 5.39. The van der Waals surface area contributed by atoms with Crippen LogP contribution >= 0.6 is 15.9 Å². The average molecular weight is 435 g/mol. The summed E-state index contributed by atoms with van der Waals surface area (Å²) in [6, 6.07) is 23.1. The number of anilines is 2. The van der Waals surface area contributed by atoms with Gasteiger partial charge < -0.3 is 15.6 Å². The van der Waals surface area contributed by atoms with Crippen molar-refractivity contribution in [2.45, 2.75) is 12.8 Å². The molecule has 0 aliphatic heterocycles. The lowest BCUT2D eigenvalue weighted by atomic mass is 10.1. The zero-order chi connectivity index (χ0) is 19.3. The summed E-state index contributed by atoms with van der Waals surface area (Å²) >= 11 is 3.42. The molecule has 6 heteroatoms. The molecule has 3 N–H and O–H groups in total. The summed E-state index contributed by atoms with van der Waals surface area (Å²) in [5.41, 5.74) is 4.72. The highest BCUT2D eigenvalue weighted by Crippen LogP contribution is 2.21. The lowest BCUT2D eigenvalue weighted by Crippen LogP contribution is -2.19. The second-order valence-corrected chi connectivity index (χ2v) is 7.31. The third-order valence-corrected chi connectivity index (χ3v) is 5.11. The van der Waals surface area contributed by atoms with Crippen molar-refractivity contribution >= 4 is 44.4 Å². The number of nitrogens with one attached hydrogen (secondary N) is 3. The molecule has 1 aromatic heterocycles. The number of halogens is 1. The number of aryl methyl sites for hydroxylation is 2. The monoisotopic (exact) mass is 434 g/mol. The van der Waals surface area contributed by atoms with Gasteiger partial charge in [-0.2, -0.15) is 0 Å². The fourth-order valence-corrected chi connectivity index (χ4v) is 3.37. The first-order chi connectivity index (χ1) is 13.7. The Bertz CT molecular complexity index is 1070. The van der Waals surface area contributed by atoms with Gasteiger partial charge in [-0.3, -0.25) is 0 Å². The lowest BCUT2D eigenvalue weighted by molar-refractivity contribution is 0.262. The maximum Gasteiger partial charge on any atom is 0.323 e. The van der Waals surface area contributed by atoms with E-state index in [0.29, 0.717) is 0 Å². The number of urea groups is 1. The van der Waals surface area contributed by atoms with Gasteiger partial charge in [0.2, 0.25) is 0 Å². The van der Waals surface area contributed by atoms with Crippen molar-refractivity contribution in [3.05, 3.63) is 88.7 Å². The van der Waals surface area contributed by atoms with Gasteiger partial charge in [0.05, 0.1) is 16.7 Å². The minimum atomic E-state index is -0.276. The highest BCUT2D eigenvalue weighted by molar-refractivity contribution is 9.10. The number of para-hydroxylation sites is 3. The normalized spacial score (nSPS) is 10.8. The van der Waals surface area contributed by atoms with Crippen molar-refractivity contribution < 1.29 is 4.79 Å². The average Bonchev–Trinajstić information content (AvgIpc) is 3.12. The van der Waals surface area contributed by atoms with Crippen molar-refractivity contribution in [2.24, 2.45) is 0 Å². The highest BCUT2D eigenvalue weighted by Gasteiger charge is 2.06. The van der Waals surface area contributed by atoms with E-state index in [2.05, 4.69) is 36.5 Å². The van der Waals surface area contributed by atoms with Crippen LogP contribution in [0.4, 0.5) is 16.2 Å². The minimum Gasteiger partial charge on any atom is -0.342 e. The number of H-pyrrole nitrogens is 1. The molecule has 28 heavy (non-hydrogen) atoms. The smallest absolute Gasteiger partial charge is 0.323 e. The minimum absolute atomic E-state index is 0.276. The molecule has 0 radical (unpaired) electrons. The van der Waals surface area contributed by atoms with Crippen molar-refractivity contribution in [1.82, 2.24) is 9.97 Å². The van der Waals surface area contributed by atoms with E-state index in [-0.39, 0.29) is 6.03 Å². The molecule has 0 saturated heterocycles. The van der Waals surface area contributed by atoms with Crippen LogP contribution in [0.1, 0.15) is 11.4 Å². The molecule has 4 aromatic rings. The molecule has 0 fully saturated rings. The van der Waals surface area contributed by atoms with E-state index in [1.54, 1.807) is 0 Å². The number of carbonyl (C=O) groups is 1. The van der Waals surface area contributed by atoms with Gasteiger partial charge in [0.25, 0.3) is 0 Å². The maximum atomic E-state index is 12.2. The molecule has 0 aliphatic rings. The van der Waals surface area contributed by atoms with Crippen LogP contribution in [-0.2, 0) is 12.8 Å². The highest BCUT2D eigenvalue weighted by atomic mass is 79.9. The Morgan fingerprint density at radius 1 is 0.893 bits per heavy atom. The Hall–Kier alpha value is -3.12. The summed E-state index contributed by atoms with van der Waals surface area (Å²) in [5, 5.41) is 5.67. The lowest BCUT2D eigenvalue weighted by Gasteiger charge is -2.09. The Labute approximate surface area is 171 Å². The number of rotatable bonds is 5. The van der Waals surface area contributed by atoms with Gasteiger partial charge in [-0.25, -0.2) is 9.78 Å². The van der Waals surface area contributed by atoms with Crippen molar-refractivity contribution in [3.63, 3.8) is 0 Å². The van der Waals surface area contributed by atoms with E-state index in [4.69, 9.17) is 0 Å². The van der Waals surface area contributed by atoms with Gasteiger partial charge >= 0.3 is 6.03 Å². The molecule has 3 aromatic carbocycles. The predicted octanol–water partition coefficient (Wildman–Crippen LogP) is 5.75. The molecule has 0 spiro atoms. The number of aromatic nitrogens is 2. The van der Waals surface area contributed by atoms with Gasteiger partial charge in [0.1, 0.15) is 5.82 Å². The van der Waals surface area contributed by atoms with E-state index in [1.807, 2.05) is 72.8 Å². The zero-order valence-corrected chi connectivity index (χ0v) is 16.7. The summed E-state index contributed by atoms with van der Waals surface area (Å²) in [6.07, 6.45) is 1.72. The molecule has 0 atom stereocenters. The number of carbonyl (C=O) groups excluding carboxylic acids is 1. The second-order valence-electron chi connectivity index (χ2n) is 6.46. The molecule has 0 bridgehead atoms. The number of hydrogen-bond donors (Lipinski definition) is 3. The maximum absolute atomic E-state index is 12.2. The Morgan fingerprint density at radius 2 is 1.64 bits per heavy atom. The van der Waals surface area contributed by atoms with Crippen LogP contribution in [-0.4, -0.2) is 16.0 Å². The molecule has 5 nitrogen and oxygen atoms in total. The second kappa shape index (κ2) is 8.27. The van der Waals surface area contributed by atoms with Crippen molar-refractivity contribution in [3.8, 4) is 0 Å². The molecule has 1 heterocycles. The topological polar surface area (TPSA) is 69.8 Å². The number of hydrogen-bond acceptors (Lipinski definition) is 2.